The Bertz CT molecular complexity index is 2060. The molecule has 0 bridgehead atoms. The number of aryl methyl sites for hydroxylation is 1. The Morgan fingerprint density at radius 1 is 0.942 bits per heavy atom. The van der Waals surface area contributed by atoms with E-state index in [1.54, 1.807) is 18.2 Å². The van der Waals surface area contributed by atoms with Crippen LogP contribution in [0.4, 0.5) is 11.4 Å². The minimum atomic E-state index is -4.71. The van der Waals surface area contributed by atoms with Crippen molar-refractivity contribution < 1.29 is 27.7 Å². The second-order valence-corrected chi connectivity index (χ2v) is 15.6. The zero-order chi connectivity index (χ0) is 37.6. The lowest BCUT2D eigenvalue weighted by atomic mass is 10.0. The summed E-state index contributed by atoms with van der Waals surface area (Å²) >= 11 is 18.9. The molecule has 0 spiro atoms. The van der Waals surface area contributed by atoms with E-state index in [2.05, 4.69) is 5.32 Å². The standard InChI is InChI=1S/C37H37Cl3N4O7S/c1-24-12-15-29(21-32(24)44(47)48)52(49,50)43(33-20-27(38)14-17-35(33)51-2)23-36(45)42(22-26-13-16-30(39)31(40)18-26)34(19-25-8-4-3-5-9-25)37(46)41-28-10-6-7-11-28/h3-5,8-9,12-18,20-21,28,34H,6-7,10-11,19,22-23H2,1-2H3,(H,41,46)/t34-/m0/s1. The van der Waals surface area contributed by atoms with Gasteiger partial charge in [-0.1, -0.05) is 90.1 Å². The van der Waals surface area contributed by atoms with Crippen molar-refractivity contribution in [3.05, 3.63) is 127 Å². The van der Waals surface area contributed by atoms with Crippen molar-refractivity contribution in [2.75, 3.05) is 18.0 Å². The van der Waals surface area contributed by atoms with Crippen molar-refractivity contribution >= 4 is 68.0 Å². The molecule has 52 heavy (non-hydrogen) atoms. The minimum absolute atomic E-state index is 0.0678. The Hall–Kier alpha value is -4.36. The highest BCUT2D eigenvalue weighted by Crippen LogP contribution is 2.36. The number of hydrogen-bond acceptors (Lipinski definition) is 7. The molecule has 0 radical (unpaired) electrons. The molecule has 0 aromatic heterocycles. The predicted molar refractivity (Wildman–Crippen MR) is 202 cm³/mol. The number of carbonyl (C=O) groups is 2. The Morgan fingerprint density at radius 3 is 2.31 bits per heavy atom. The third-order valence-electron chi connectivity index (χ3n) is 8.96. The zero-order valence-corrected chi connectivity index (χ0v) is 31.5. The first-order valence-electron chi connectivity index (χ1n) is 16.5. The molecule has 1 fully saturated rings. The maximum atomic E-state index is 14.8. The second-order valence-electron chi connectivity index (χ2n) is 12.5. The molecule has 1 aliphatic rings. The monoisotopic (exact) mass is 786 g/mol. The first kappa shape index (κ1) is 38.9. The number of carbonyl (C=O) groups excluding carboxylic acids is 2. The van der Waals surface area contributed by atoms with E-state index in [0.717, 1.165) is 41.6 Å². The molecule has 0 unspecified atom stereocenters. The molecule has 2 amide bonds. The van der Waals surface area contributed by atoms with Crippen LogP contribution in [0.5, 0.6) is 5.75 Å². The number of methoxy groups -OCH3 is 1. The summed E-state index contributed by atoms with van der Waals surface area (Å²) in [6.07, 6.45) is 3.64. The van der Waals surface area contributed by atoms with Crippen molar-refractivity contribution in [2.45, 2.75) is 62.6 Å². The van der Waals surface area contributed by atoms with Crippen LogP contribution in [-0.4, -0.2) is 55.8 Å². The van der Waals surface area contributed by atoms with E-state index in [4.69, 9.17) is 39.5 Å². The molecular weight excluding hydrogens is 751 g/mol. The van der Waals surface area contributed by atoms with Crippen molar-refractivity contribution in [3.63, 3.8) is 0 Å². The summed E-state index contributed by atoms with van der Waals surface area (Å²) in [5, 5.41) is 15.6. The van der Waals surface area contributed by atoms with Gasteiger partial charge in [0.2, 0.25) is 11.8 Å². The van der Waals surface area contributed by atoms with E-state index >= 15 is 0 Å². The van der Waals surface area contributed by atoms with E-state index in [-0.39, 0.29) is 46.1 Å². The lowest BCUT2D eigenvalue weighted by Crippen LogP contribution is -2.54. The van der Waals surface area contributed by atoms with E-state index in [9.17, 15) is 28.1 Å². The van der Waals surface area contributed by atoms with Gasteiger partial charge in [0.1, 0.15) is 18.3 Å². The van der Waals surface area contributed by atoms with Gasteiger partial charge in [-0.2, -0.15) is 0 Å². The summed E-state index contributed by atoms with van der Waals surface area (Å²) < 4.78 is 35.4. The summed E-state index contributed by atoms with van der Waals surface area (Å²) in [6.45, 7) is 0.520. The number of halogens is 3. The van der Waals surface area contributed by atoms with Gasteiger partial charge in [0.15, 0.2) is 0 Å². The molecule has 5 rings (SSSR count). The summed E-state index contributed by atoms with van der Waals surface area (Å²) in [5.74, 6) is -1.08. The summed E-state index contributed by atoms with van der Waals surface area (Å²) in [5.41, 5.74) is 1.05. The van der Waals surface area contributed by atoms with E-state index < -0.39 is 49.9 Å². The summed E-state index contributed by atoms with van der Waals surface area (Å²) in [7, 11) is -3.38. The number of nitro groups is 1. The molecule has 11 nitrogen and oxygen atoms in total. The average molecular weight is 788 g/mol. The van der Waals surface area contributed by atoms with E-state index in [1.165, 1.54) is 49.3 Å². The van der Waals surface area contributed by atoms with E-state index in [0.29, 0.717) is 10.6 Å². The fourth-order valence-corrected chi connectivity index (χ4v) is 8.13. The van der Waals surface area contributed by atoms with Crippen LogP contribution >= 0.6 is 34.8 Å². The number of hydrogen-bond donors (Lipinski definition) is 1. The molecule has 0 saturated heterocycles. The Balaban J connectivity index is 1.65. The topological polar surface area (TPSA) is 139 Å². The maximum Gasteiger partial charge on any atom is 0.273 e. The lowest BCUT2D eigenvalue weighted by molar-refractivity contribution is -0.385. The van der Waals surface area contributed by atoms with Crippen LogP contribution in [-0.2, 0) is 32.6 Å². The van der Waals surface area contributed by atoms with Gasteiger partial charge in [-0.05, 0) is 67.3 Å². The quantitative estimate of drug-likeness (QED) is 0.102. The third-order valence-corrected chi connectivity index (χ3v) is 11.7. The highest BCUT2D eigenvalue weighted by Gasteiger charge is 2.37. The van der Waals surface area contributed by atoms with Gasteiger partial charge < -0.3 is 15.0 Å². The number of nitrogens with one attached hydrogen (secondary N) is 1. The number of benzene rings is 4. The van der Waals surface area contributed by atoms with Crippen LogP contribution in [0.3, 0.4) is 0 Å². The molecule has 4 aromatic rings. The fraction of sp³-hybridized carbons (Fsp3) is 0.297. The van der Waals surface area contributed by atoms with Gasteiger partial charge in [-0.25, -0.2) is 8.42 Å². The Morgan fingerprint density at radius 2 is 1.65 bits per heavy atom. The molecule has 0 aliphatic heterocycles. The van der Waals surface area contributed by atoms with Crippen LogP contribution in [0, 0.1) is 17.0 Å². The van der Waals surface area contributed by atoms with Crippen LogP contribution < -0.4 is 14.4 Å². The van der Waals surface area contributed by atoms with Gasteiger partial charge >= 0.3 is 0 Å². The highest BCUT2D eigenvalue weighted by atomic mass is 35.5. The zero-order valence-electron chi connectivity index (χ0n) is 28.4. The Kier molecular flexibility index (Phi) is 12.7. The lowest BCUT2D eigenvalue weighted by Gasteiger charge is -2.34. The van der Waals surface area contributed by atoms with Crippen molar-refractivity contribution in [2.24, 2.45) is 0 Å². The summed E-state index contributed by atoms with van der Waals surface area (Å²) in [4.78, 5) is 41.1. The number of rotatable bonds is 14. The molecule has 1 saturated carbocycles. The normalized spacial score (nSPS) is 13.7. The van der Waals surface area contributed by atoms with Crippen LogP contribution in [0.15, 0.2) is 89.8 Å². The van der Waals surface area contributed by atoms with Gasteiger partial charge in [0.25, 0.3) is 15.7 Å². The number of nitro benzene ring substituents is 1. The molecule has 4 aromatic carbocycles. The number of nitrogens with zero attached hydrogens (tertiary/aromatic N) is 3. The van der Waals surface area contributed by atoms with Gasteiger partial charge in [0.05, 0.1) is 32.7 Å². The molecule has 1 aliphatic carbocycles. The molecule has 1 N–H and O–H groups in total. The van der Waals surface area contributed by atoms with Crippen molar-refractivity contribution in [1.82, 2.24) is 10.2 Å². The van der Waals surface area contributed by atoms with E-state index in [1.807, 2.05) is 30.3 Å². The van der Waals surface area contributed by atoms with Gasteiger partial charge in [-0.15, -0.1) is 0 Å². The highest BCUT2D eigenvalue weighted by molar-refractivity contribution is 7.92. The minimum Gasteiger partial charge on any atom is -0.495 e. The predicted octanol–water partition coefficient (Wildman–Crippen LogP) is 7.77. The largest absolute Gasteiger partial charge is 0.495 e. The number of anilines is 1. The van der Waals surface area contributed by atoms with Crippen LogP contribution in [0.2, 0.25) is 15.1 Å². The van der Waals surface area contributed by atoms with Crippen LogP contribution in [0.25, 0.3) is 0 Å². The first-order chi connectivity index (χ1) is 24.8. The average Bonchev–Trinajstić information content (AvgIpc) is 3.63. The molecule has 274 valence electrons. The molecule has 15 heteroatoms. The van der Waals surface area contributed by atoms with Crippen LogP contribution in [0.1, 0.15) is 42.4 Å². The fourth-order valence-electron chi connectivity index (χ4n) is 6.20. The van der Waals surface area contributed by atoms with Crippen molar-refractivity contribution in [1.29, 1.82) is 0 Å². The number of amides is 2. The van der Waals surface area contributed by atoms with Gasteiger partial charge in [0, 0.05) is 35.7 Å². The van der Waals surface area contributed by atoms with Crippen molar-refractivity contribution in [3.8, 4) is 5.75 Å². The smallest absolute Gasteiger partial charge is 0.273 e. The Labute approximate surface area is 317 Å². The molecule has 0 heterocycles. The second kappa shape index (κ2) is 17.0. The third kappa shape index (κ3) is 9.16. The molecular formula is C37H37Cl3N4O7S. The first-order valence-corrected chi connectivity index (χ1v) is 19.0. The van der Waals surface area contributed by atoms with Gasteiger partial charge in [-0.3, -0.25) is 24.0 Å². The SMILES string of the molecule is COc1ccc(Cl)cc1N(CC(=O)N(Cc1ccc(Cl)c(Cl)c1)[C@@H](Cc1ccccc1)C(=O)NC1CCCC1)S(=O)(=O)c1ccc(C)c([N+](=O)[O-])c1. The number of ether oxygens (including phenoxy) is 1. The summed E-state index contributed by atoms with van der Waals surface area (Å²) in [6, 6.07) is 20.6. The molecule has 1 atom stereocenters. The maximum absolute atomic E-state index is 14.8. The number of sulfonamides is 1.